The highest BCUT2D eigenvalue weighted by molar-refractivity contribution is 6.32. The lowest BCUT2D eigenvalue weighted by Gasteiger charge is -2.38. The Hall–Kier alpha value is -4.27. The minimum atomic E-state index is -4.94. The smallest absolute Gasteiger partial charge is 0.361 e. The fourth-order valence-electron chi connectivity index (χ4n) is 9.16. The molecular weight excluding hydrogens is 767 g/mol. The number of allylic oxidation sites excluding steroid dienone is 8. The Bertz CT molecular complexity index is 2600. The second kappa shape index (κ2) is 15.4. The van der Waals surface area contributed by atoms with Gasteiger partial charge in [0.1, 0.15) is 11.5 Å². The molecule has 0 N–H and O–H groups in total. The quantitative estimate of drug-likeness (QED) is 0.130. The predicted octanol–water partition coefficient (Wildman–Crippen LogP) is 10.0. The fourth-order valence-corrected chi connectivity index (χ4v) is 9.45. The molecule has 2 heterocycles. The van der Waals surface area contributed by atoms with Gasteiger partial charge in [-0.1, -0.05) is 114 Å². The lowest BCUT2D eigenvalue weighted by molar-refractivity contribution is -2.00. The largest absolute Gasteiger partial charge is 0.456 e. The van der Waals surface area contributed by atoms with Crippen molar-refractivity contribution in [1.82, 2.24) is 0 Å². The molecule has 8 heteroatoms. The maximum absolute atomic E-state index is 8.49. The van der Waals surface area contributed by atoms with E-state index in [4.69, 9.17) is 39.4 Å². The van der Waals surface area contributed by atoms with Gasteiger partial charge >= 0.3 is 11.3 Å². The molecule has 3 aliphatic carbocycles. The highest BCUT2D eigenvalue weighted by atomic mass is 35.7. The van der Waals surface area contributed by atoms with Crippen LogP contribution in [0.3, 0.4) is 0 Å². The van der Waals surface area contributed by atoms with Crippen LogP contribution in [0.2, 0.25) is 0 Å². The number of fused-ring (bicyclic) bond motifs is 8. The van der Waals surface area contributed by atoms with E-state index in [2.05, 4.69) is 139 Å². The summed E-state index contributed by atoms with van der Waals surface area (Å²) in [6.07, 6.45) is 14.2. The maximum atomic E-state index is 8.49. The van der Waals surface area contributed by atoms with Crippen molar-refractivity contribution in [3.63, 3.8) is 0 Å². The summed E-state index contributed by atoms with van der Waals surface area (Å²) in [5.41, 5.74) is 10.1. The van der Waals surface area contributed by atoms with E-state index in [1.807, 2.05) is 0 Å². The molecule has 0 radical (unpaired) electrons. The fraction of sp³-hybridized carbons (Fsp3) is 0.340. The summed E-state index contributed by atoms with van der Waals surface area (Å²) >= 11 is 7.51. The molecule has 1 aliphatic heterocycles. The van der Waals surface area contributed by atoms with Gasteiger partial charge in [0, 0.05) is 16.7 Å². The van der Waals surface area contributed by atoms with E-state index in [-0.39, 0.29) is 10.8 Å². The summed E-state index contributed by atoms with van der Waals surface area (Å²) in [5.74, 6) is 4.00. The summed E-state index contributed by atoms with van der Waals surface area (Å²) in [4.78, 5) is 0. The van der Waals surface area contributed by atoms with Crippen LogP contribution >= 0.6 is 11.6 Å². The zero-order valence-corrected chi connectivity index (χ0v) is 35.6. The summed E-state index contributed by atoms with van der Waals surface area (Å²) < 4.78 is 47.7. The molecular formula is C50H50Cl2O6. The van der Waals surface area contributed by atoms with Crippen LogP contribution in [0, 0.1) is 32.9 Å². The van der Waals surface area contributed by atoms with E-state index >= 15 is 0 Å². The molecule has 0 spiro atoms. The van der Waals surface area contributed by atoms with Crippen LogP contribution in [-0.2, 0) is 6.42 Å². The van der Waals surface area contributed by atoms with Crippen LogP contribution in [0.5, 0.6) is 5.75 Å². The second-order valence-corrected chi connectivity index (χ2v) is 19.6. The van der Waals surface area contributed by atoms with Gasteiger partial charge in [0.2, 0.25) is 0 Å². The second-order valence-electron chi connectivity index (χ2n) is 18.5. The number of benzene rings is 4. The van der Waals surface area contributed by atoms with Crippen molar-refractivity contribution < 1.29 is 38.0 Å². The molecule has 0 saturated carbocycles. The topological polar surface area (TPSA) is 113 Å². The lowest BCUT2D eigenvalue weighted by Crippen LogP contribution is -2.68. The minimum Gasteiger partial charge on any atom is -0.456 e. The molecule has 0 saturated heterocycles. The van der Waals surface area contributed by atoms with Crippen LogP contribution in [0.4, 0.5) is 0 Å². The molecule has 2 unspecified atom stereocenters. The van der Waals surface area contributed by atoms with Crippen LogP contribution in [0.1, 0.15) is 97.0 Å². The van der Waals surface area contributed by atoms with Gasteiger partial charge in [0.25, 0.3) is 0 Å². The van der Waals surface area contributed by atoms with Crippen LogP contribution < -0.4 is 23.4 Å². The number of rotatable bonds is 2. The third-order valence-corrected chi connectivity index (χ3v) is 13.0. The van der Waals surface area contributed by atoms with Gasteiger partial charge in [-0.2, -0.15) is 0 Å². The Kier molecular flexibility index (Phi) is 10.8. The number of hydrogen-bond donors (Lipinski definition) is 0. The van der Waals surface area contributed by atoms with Gasteiger partial charge in [0.05, 0.1) is 16.5 Å². The summed E-state index contributed by atoms with van der Waals surface area (Å²) in [6.45, 7) is 14.3. The van der Waals surface area contributed by atoms with E-state index in [1.54, 1.807) is 0 Å². The first-order valence-corrected chi connectivity index (χ1v) is 21.9. The number of hydrogen-bond acceptors (Lipinski definition) is 5. The van der Waals surface area contributed by atoms with Gasteiger partial charge in [-0.15, -0.1) is 10.2 Å². The van der Waals surface area contributed by atoms with E-state index in [1.165, 1.54) is 65.9 Å². The van der Waals surface area contributed by atoms with Gasteiger partial charge in [-0.25, -0.2) is 23.1 Å². The standard InChI is InChI=1S/C50H50ClO2.ClHO4/c1-49(2,3)38-24-34(47-36(26-38)28-42-40-16-9-7-12-30(40)18-20-44(42)52-47)22-32-14-11-15-33(46(32)51)23-35-25-39(50(4,5)6)27-37-29-43-41-17-10-8-13-31(41)19-21-45(43)53-48(35)37;2-1(3,4)5/h7-10,12-13,16-23,28-29,38-39H,11,14-15,24-27H2,1-6H3;(H,2,3,4,5)/q+1;/p-1. The molecule has 2 atom stereocenters. The van der Waals surface area contributed by atoms with Crippen LogP contribution in [0.15, 0.2) is 129 Å². The third-order valence-electron chi connectivity index (χ3n) is 12.6. The average Bonchev–Trinajstić information content (AvgIpc) is 3.16. The summed E-state index contributed by atoms with van der Waals surface area (Å²) in [5, 5.41) is 7.07. The minimum absolute atomic E-state index is 0.162. The lowest BCUT2D eigenvalue weighted by atomic mass is 9.69. The summed E-state index contributed by atoms with van der Waals surface area (Å²) in [6, 6.07) is 28.3. The van der Waals surface area contributed by atoms with E-state index < -0.39 is 10.2 Å². The van der Waals surface area contributed by atoms with Gasteiger partial charge < -0.3 is 4.74 Å². The first-order chi connectivity index (χ1) is 27.4. The highest BCUT2D eigenvalue weighted by Gasteiger charge is 2.39. The van der Waals surface area contributed by atoms with Crippen molar-refractivity contribution >= 4 is 55.8 Å². The molecule has 9 rings (SSSR count). The molecule has 4 aromatic carbocycles. The Morgan fingerprint density at radius 1 is 0.690 bits per heavy atom. The molecule has 1 aromatic heterocycles. The van der Waals surface area contributed by atoms with Crippen molar-refractivity contribution in [2.24, 2.45) is 22.7 Å². The number of halogens is 2. The normalized spacial score (nSPS) is 21.4. The van der Waals surface area contributed by atoms with E-state index in [0.717, 1.165) is 72.8 Å². The Morgan fingerprint density at radius 2 is 1.31 bits per heavy atom. The zero-order chi connectivity index (χ0) is 41.1. The zero-order valence-electron chi connectivity index (χ0n) is 34.0. The van der Waals surface area contributed by atoms with Crippen molar-refractivity contribution in [2.75, 3.05) is 0 Å². The first-order valence-electron chi connectivity index (χ1n) is 20.2. The number of ether oxygens (including phenoxy) is 1. The van der Waals surface area contributed by atoms with Gasteiger partial charge in [0.15, 0.2) is 0 Å². The highest BCUT2D eigenvalue weighted by Crippen LogP contribution is 2.50. The van der Waals surface area contributed by atoms with Gasteiger partial charge in [-0.05, 0) is 142 Å². The third kappa shape index (κ3) is 8.42. The van der Waals surface area contributed by atoms with Gasteiger partial charge in [-0.3, -0.25) is 0 Å². The van der Waals surface area contributed by atoms with E-state index in [0.29, 0.717) is 11.8 Å². The predicted molar refractivity (Wildman–Crippen MR) is 224 cm³/mol. The maximum Gasteiger partial charge on any atom is 0.361 e. The molecule has 0 fully saturated rings. The van der Waals surface area contributed by atoms with Crippen molar-refractivity contribution in [1.29, 1.82) is 0 Å². The average molecular weight is 818 g/mol. The van der Waals surface area contributed by atoms with E-state index in [9.17, 15) is 0 Å². The SMILES string of the molecule is CC(C)(C)C1CC2=Cc3c(ccc4ccccc34)OC2=C(/C=C2\CCCC(/C=C3\CC(C(C)(C)C)Cc4cc5c(ccc6ccccc65)[o+]c43)=C2Cl)C1.[O-][Cl+3]([O-])([O-])[O-]. The Labute approximate surface area is 348 Å². The van der Waals surface area contributed by atoms with Crippen molar-refractivity contribution in [2.45, 2.75) is 86.5 Å². The Morgan fingerprint density at radius 3 is 2.02 bits per heavy atom. The van der Waals surface area contributed by atoms with Crippen molar-refractivity contribution in [3.05, 3.63) is 141 Å². The molecule has 0 bridgehead atoms. The molecule has 300 valence electrons. The monoisotopic (exact) mass is 816 g/mol. The van der Waals surface area contributed by atoms with Crippen LogP contribution in [-0.4, -0.2) is 0 Å². The first kappa shape index (κ1) is 40.5. The molecule has 6 nitrogen and oxygen atoms in total. The van der Waals surface area contributed by atoms with Crippen molar-refractivity contribution in [3.8, 4) is 5.75 Å². The Balaban J connectivity index is 0.000000887. The molecule has 0 amide bonds. The molecule has 5 aromatic rings. The van der Waals surface area contributed by atoms with Crippen LogP contribution in [0.25, 0.3) is 44.2 Å². The molecule has 58 heavy (non-hydrogen) atoms. The molecule has 4 aliphatic rings. The summed E-state index contributed by atoms with van der Waals surface area (Å²) in [7, 11) is -4.94.